The molecule has 2 rings (SSSR count). The number of halogens is 1. The molecule has 0 bridgehead atoms. The van der Waals surface area contributed by atoms with Crippen LogP contribution in [-0.4, -0.2) is 16.9 Å². The second-order valence-electron chi connectivity index (χ2n) is 4.05. The van der Waals surface area contributed by atoms with Crippen LogP contribution in [0.2, 0.25) is 0 Å². The van der Waals surface area contributed by atoms with E-state index in [9.17, 15) is 0 Å². The Kier molecular flexibility index (Phi) is 6.39. The van der Waals surface area contributed by atoms with Gasteiger partial charge in [-0.3, -0.25) is 4.68 Å². The Bertz CT molecular complexity index is 499. The molecule has 0 spiro atoms. The van der Waals surface area contributed by atoms with Gasteiger partial charge in [0.15, 0.2) is 0 Å². The summed E-state index contributed by atoms with van der Waals surface area (Å²) in [4.78, 5) is 0. The van der Waals surface area contributed by atoms with Crippen molar-refractivity contribution in [2.75, 3.05) is 7.11 Å². The first-order chi connectivity index (χ1) is 8.85. The molecule has 4 nitrogen and oxygen atoms in total. The van der Waals surface area contributed by atoms with Crippen LogP contribution in [0.5, 0.6) is 5.75 Å². The number of para-hydroxylation sites is 1. The Morgan fingerprint density at radius 2 is 2.00 bits per heavy atom. The van der Waals surface area contributed by atoms with Gasteiger partial charge in [-0.25, -0.2) is 0 Å². The van der Waals surface area contributed by atoms with E-state index in [4.69, 9.17) is 4.74 Å². The largest absolute Gasteiger partial charge is 0.496 e. The highest BCUT2D eigenvalue weighted by Crippen LogP contribution is 2.16. The molecule has 19 heavy (non-hydrogen) atoms. The average Bonchev–Trinajstić information content (AvgIpc) is 2.87. The quantitative estimate of drug-likeness (QED) is 0.885. The molecule has 0 aliphatic carbocycles. The number of nitrogens with zero attached hydrogens (tertiary/aromatic N) is 2. The highest BCUT2D eigenvalue weighted by Gasteiger charge is 2.03. The van der Waals surface area contributed by atoms with Crippen LogP contribution in [0.25, 0.3) is 0 Å². The van der Waals surface area contributed by atoms with E-state index in [0.717, 1.165) is 25.4 Å². The maximum absolute atomic E-state index is 5.32. The predicted molar refractivity (Wildman–Crippen MR) is 78.7 cm³/mol. The highest BCUT2D eigenvalue weighted by atomic mass is 35.5. The summed E-state index contributed by atoms with van der Waals surface area (Å²) in [5.41, 5.74) is 2.37. The number of methoxy groups -OCH3 is 1. The second-order valence-corrected chi connectivity index (χ2v) is 4.05. The lowest BCUT2D eigenvalue weighted by atomic mass is 10.2. The number of benzene rings is 1. The topological polar surface area (TPSA) is 39.1 Å². The summed E-state index contributed by atoms with van der Waals surface area (Å²) in [7, 11) is 1.70. The molecule has 0 saturated heterocycles. The summed E-state index contributed by atoms with van der Waals surface area (Å²) < 4.78 is 7.32. The molecule has 5 heteroatoms. The standard InChI is InChI=1S/C14H19N3O.ClH/c1-3-17-13(8-9-16-17)11-15-10-12-6-4-5-7-14(12)18-2;/h4-9,15H,3,10-11H2,1-2H3;1H. The van der Waals surface area contributed by atoms with Gasteiger partial charge in [0.25, 0.3) is 0 Å². The number of rotatable bonds is 6. The molecule has 2 aromatic rings. The minimum Gasteiger partial charge on any atom is -0.496 e. The highest BCUT2D eigenvalue weighted by molar-refractivity contribution is 5.85. The average molecular weight is 282 g/mol. The van der Waals surface area contributed by atoms with Gasteiger partial charge in [-0.05, 0) is 19.1 Å². The first-order valence-electron chi connectivity index (χ1n) is 6.18. The Hall–Kier alpha value is -1.52. The van der Waals surface area contributed by atoms with Crippen molar-refractivity contribution in [1.29, 1.82) is 0 Å². The third kappa shape index (κ3) is 3.98. The smallest absolute Gasteiger partial charge is 0.123 e. The number of hydrogen-bond donors (Lipinski definition) is 1. The lowest BCUT2D eigenvalue weighted by Gasteiger charge is -2.10. The van der Waals surface area contributed by atoms with E-state index in [1.807, 2.05) is 35.1 Å². The predicted octanol–water partition coefficient (Wildman–Crippen LogP) is 2.62. The van der Waals surface area contributed by atoms with Gasteiger partial charge in [0.2, 0.25) is 0 Å². The zero-order valence-corrected chi connectivity index (χ0v) is 12.1. The van der Waals surface area contributed by atoms with E-state index in [-0.39, 0.29) is 12.4 Å². The summed E-state index contributed by atoms with van der Waals surface area (Å²) in [6.07, 6.45) is 1.84. The van der Waals surface area contributed by atoms with Gasteiger partial charge in [-0.1, -0.05) is 18.2 Å². The Balaban J connectivity index is 0.00000180. The summed E-state index contributed by atoms with van der Waals surface area (Å²) in [6, 6.07) is 10.1. The molecule has 0 aliphatic heterocycles. The molecular formula is C14H20ClN3O. The van der Waals surface area contributed by atoms with Gasteiger partial charge in [0.05, 0.1) is 12.8 Å². The SMILES string of the molecule is CCn1nccc1CNCc1ccccc1OC.Cl. The van der Waals surface area contributed by atoms with Crippen molar-refractivity contribution in [2.24, 2.45) is 0 Å². The molecule has 1 N–H and O–H groups in total. The first-order valence-corrected chi connectivity index (χ1v) is 6.18. The van der Waals surface area contributed by atoms with Gasteiger partial charge >= 0.3 is 0 Å². The molecule has 1 aromatic heterocycles. The summed E-state index contributed by atoms with van der Waals surface area (Å²) in [6.45, 7) is 4.60. The fourth-order valence-corrected chi connectivity index (χ4v) is 1.97. The number of nitrogens with one attached hydrogen (secondary N) is 1. The van der Waals surface area contributed by atoms with E-state index in [2.05, 4.69) is 23.4 Å². The van der Waals surface area contributed by atoms with E-state index in [1.54, 1.807) is 7.11 Å². The molecule has 0 amide bonds. The van der Waals surface area contributed by atoms with Crippen LogP contribution >= 0.6 is 12.4 Å². The fraction of sp³-hybridized carbons (Fsp3) is 0.357. The second kappa shape index (κ2) is 7.81. The molecule has 0 radical (unpaired) electrons. The maximum atomic E-state index is 5.32. The van der Waals surface area contributed by atoms with Crippen LogP contribution in [0, 0.1) is 0 Å². The number of hydrogen-bond acceptors (Lipinski definition) is 3. The zero-order chi connectivity index (χ0) is 12.8. The molecule has 104 valence electrons. The molecule has 1 aromatic carbocycles. The molecule has 0 unspecified atom stereocenters. The van der Waals surface area contributed by atoms with Crippen molar-refractivity contribution >= 4 is 12.4 Å². The number of aryl methyl sites for hydroxylation is 1. The maximum Gasteiger partial charge on any atom is 0.123 e. The van der Waals surface area contributed by atoms with Gasteiger partial charge in [0, 0.05) is 31.4 Å². The van der Waals surface area contributed by atoms with Crippen LogP contribution in [0.15, 0.2) is 36.5 Å². The minimum absolute atomic E-state index is 0. The van der Waals surface area contributed by atoms with Gasteiger partial charge < -0.3 is 10.1 Å². The van der Waals surface area contributed by atoms with Crippen molar-refractivity contribution in [2.45, 2.75) is 26.6 Å². The first kappa shape index (κ1) is 15.5. The lowest BCUT2D eigenvalue weighted by Crippen LogP contribution is -2.16. The van der Waals surface area contributed by atoms with Crippen molar-refractivity contribution in [3.63, 3.8) is 0 Å². The fourth-order valence-electron chi connectivity index (χ4n) is 1.97. The molecule has 0 atom stereocenters. The Labute approximate surface area is 120 Å². The summed E-state index contributed by atoms with van der Waals surface area (Å²) in [5.74, 6) is 0.925. The number of aromatic nitrogens is 2. The normalized spacial score (nSPS) is 10.0. The van der Waals surface area contributed by atoms with Gasteiger partial charge in [-0.15, -0.1) is 12.4 Å². The zero-order valence-electron chi connectivity index (χ0n) is 11.3. The monoisotopic (exact) mass is 281 g/mol. The molecule has 0 fully saturated rings. The van der Waals surface area contributed by atoms with Crippen LogP contribution in [0.3, 0.4) is 0 Å². The lowest BCUT2D eigenvalue weighted by molar-refractivity contribution is 0.407. The minimum atomic E-state index is 0. The molecule has 0 aliphatic rings. The van der Waals surface area contributed by atoms with Crippen LogP contribution in [0.4, 0.5) is 0 Å². The molecule has 0 saturated carbocycles. The number of ether oxygens (including phenoxy) is 1. The third-order valence-electron chi connectivity index (χ3n) is 2.92. The third-order valence-corrected chi connectivity index (χ3v) is 2.92. The van der Waals surface area contributed by atoms with E-state index in [0.29, 0.717) is 0 Å². The molecule has 1 heterocycles. The van der Waals surface area contributed by atoms with Crippen LogP contribution in [-0.2, 0) is 19.6 Å². The van der Waals surface area contributed by atoms with E-state index < -0.39 is 0 Å². The van der Waals surface area contributed by atoms with Crippen molar-refractivity contribution < 1.29 is 4.74 Å². The van der Waals surface area contributed by atoms with Crippen LogP contribution in [0.1, 0.15) is 18.2 Å². The Morgan fingerprint density at radius 1 is 1.21 bits per heavy atom. The Morgan fingerprint density at radius 3 is 2.74 bits per heavy atom. The van der Waals surface area contributed by atoms with Crippen molar-refractivity contribution in [3.8, 4) is 5.75 Å². The van der Waals surface area contributed by atoms with E-state index in [1.165, 1.54) is 11.3 Å². The van der Waals surface area contributed by atoms with Gasteiger partial charge in [0.1, 0.15) is 5.75 Å². The van der Waals surface area contributed by atoms with E-state index >= 15 is 0 Å². The van der Waals surface area contributed by atoms with Crippen LogP contribution < -0.4 is 10.1 Å². The summed E-state index contributed by atoms with van der Waals surface area (Å²) >= 11 is 0. The van der Waals surface area contributed by atoms with Crippen molar-refractivity contribution in [1.82, 2.24) is 15.1 Å². The summed E-state index contributed by atoms with van der Waals surface area (Å²) in [5, 5.41) is 7.66. The van der Waals surface area contributed by atoms with Gasteiger partial charge in [-0.2, -0.15) is 5.10 Å². The molecular weight excluding hydrogens is 262 g/mol. The van der Waals surface area contributed by atoms with Crippen molar-refractivity contribution in [3.05, 3.63) is 47.8 Å².